The van der Waals surface area contributed by atoms with Crippen molar-refractivity contribution in [2.24, 2.45) is 0 Å². The summed E-state index contributed by atoms with van der Waals surface area (Å²) < 4.78 is 13.0. The third-order valence-corrected chi connectivity index (χ3v) is 6.61. The lowest BCUT2D eigenvalue weighted by Crippen LogP contribution is -2.46. The molecule has 1 amide bonds. The number of thioether (sulfide) groups is 1. The van der Waals surface area contributed by atoms with Crippen LogP contribution in [0.2, 0.25) is 5.15 Å². The van der Waals surface area contributed by atoms with Gasteiger partial charge in [-0.05, 0) is 23.3 Å². The minimum atomic E-state index is -0.300. The molecule has 1 aromatic heterocycles. The van der Waals surface area contributed by atoms with Crippen LogP contribution in [-0.4, -0.2) is 59.3 Å². The van der Waals surface area contributed by atoms with Crippen molar-refractivity contribution < 1.29 is 9.18 Å². The van der Waals surface area contributed by atoms with Crippen LogP contribution in [0.1, 0.15) is 11.1 Å². The number of halogens is 2. The molecule has 0 spiro atoms. The highest BCUT2D eigenvalue weighted by atomic mass is 35.5. The summed E-state index contributed by atoms with van der Waals surface area (Å²) in [5, 5.41) is 3.65. The second kappa shape index (κ2) is 12.7. The summed E-state index contributed by atoms with van der Waals surface area (Å²) in [6, 6.07) is 18.1. The van der Waals surface area contributed by atoms with Gasteiger partial charge < -0.3 is 10.2 Å². The Balaban J connectivity index is 1.24. The maximum atomic E-state index is 13.0. The quantitative estimate of drug-likeness (QED) is 0.259. The molecular formula is C26H27ClFN5OS. The van der Waals surface area contributed by atoms with Crippen molar-refractivity contribution in [3.8, 4) is 0 Å². The van der Waals surface area contributed by atoms with Crippen LogP contribution in [-0.2, 0) is 11.3 Å². The summed E-state index contributed by atoms with van der Waals surface area (Å²) >= 11 is 7.50. The van der Waals surface area contributed by atoms with Crippen LogP contribution >= 0.6 is 23.4 Å². The summed E-state index contributed by atoms with van der Waals surface area (Å²) in [6.45, 7) is 4.78. The van der Waals surface area contributed by atoms with E-state index in [0.717, 1.165) is 44.1 Å². The third kappa shape index (κ3) is 8.06. The van der Waals surface area contributed by atoms with Crippen LogP contribution in [0.3, 0.4) is 0 Å². The second-order valence-electron chi connectivity index (χ2n) is 8.12. The molecule has 1 saturated heterocycles. The molecule has 2 aromatic carbocycles. The van der Waals surface area contributed by atoms with Gasteiger partial charge in [0.25, 0.3) is 0 Å². The van der Waals surface area contributed by atoms with Crippen molar-refractivity contribution in [2.45, 2.75) is 11.7 Å². The first kappa shape index (κ1) is 25.2. The third-order valence-electron chi connectivity index (χ3n) is 5.57. The maximum Gasteiger partial charge on any atom is 0.230 e. The topological polar surface area (TPSA) is 61.4 Å². The van der Waals surface area contributed by atoms with Gasteiger partial charge in [0.2, 0.25) is 5.91 Å². The minimum absolute atomic E-state index is 0.151. The first-order valence-electron chi connectivity index (χ1n) is 11.4. The fraction of sp³-hybridized carbons (Fsp3) is 0.269. The van der Waals surface area contributed by atoms with Gasteiger partial charge in [-0.15, -0.1) is 0 Å². The molecule has 1 fully saturated rings. The predicted octanol–water partition coefficient (Wildman–Crippen LogP) is 4.51. The van der Waals surface area contributed by atoms with E-state index in [1.165, 1.54) is 29.5 Å². The number of hydrogen-bond donors (Lipinski definition) is 1. The Morgan fingerprint density at radius 1 is 1.06 bits per heavy atom. The number of hydrogen-bond acceptors (Lipinski definition) is 6. The summed E-state index contributed by atoms with van der Waals surface area (Å²) in [6.07, 6.45) is 4.35. The fourth-order valence-electron chi connectivity index (χ4n) is 3.66. The normalized spacial score (nSPS) is 14.4. The Hall–Kier alpha value is -2.94. The van der Waals surface area contributed by atoms with E-state index in [1.807, 2.05) is 18.2 Å². The number of carbonyl (C=O) groups excluding carboxylic acids is 1. The van der Waals surface area contributed by atoms with E-state index in [1.54, 1.807) is 18.2 Å². The first-order chi connectivity index (χ1) is 17.0. The zero-order chi connectivity index (χ0) is 24.5. The Bertz CT molecular complexity index is 1140. The number of piperazine rings is 1. The molecule has 35 heavy (non-hydrogen) atoms. The standard InChI is InChI=1S/C26H27ClFN5OS/c27-23-17-24(33-15-13-32(14-16-33)12-4-7-20-5-2-1-3-6-20)31-26(30-23)35-19-25(34)29-18-21-8-10-22(28)11-9-21/h1-11,17H,12-16,18-19H2,(H,29,34)/b7-4+. The van der Waals surface area contributed by atoms with Crippen LogP contribution in [0.4, 0.5) is 10.2 Å². The van der Waals surface area contributed by atoms with Crippen molar-refractivity contribution >= 4 is 41.2 Å². The minimum Gasteiger partial charge on any atom is -0.354 e. The van der Waals surface area contributed by atoms with E-state index in [4.69, 9.17) is 11.6 Å². The molecule has 182 valence electrons. The van der Waals surface area contributed by atoms with Gasteiger partial charge in [-0.1, -0.05) is 78.0 Å². The van der Waals surface area contributed by atoms with Crippen LogP contribution in [0.15, 0.2) is 71.9 Å². The molecule has 1 aliphatic heterocycles. The summed E-state index contributed by atoms with van der Waals surface area (Å²) in [5.74, 6) is 0.494. The number of nitrogens with one attached hydrogen (secondary N) is 1. The van der Waals surface area contributed by atoms with Crippen LogP contribution in [0.5, 0.6) is 0 Å². The van der Waals surface area contributed by atoms with Crippen molar-refractivity contribution in [2.75, 3.05) is 43.4 Å². The number of nitrogens with zero attached hydrogens (tertiary/aromatic N) is 4. The Kier molecular flexibility index (Phi) is 9.11. The zero-order valence-electron chi connectivity index (χ0n) is 19.2. The number of anilines is 1. The van der Waals surface area contributed by atoms with E-state index < -0.39 is 0 Å². The van der Waals surface area contributed by atoms with Gasteiger partial charge in [-0.25, -0.2) is 14.4 Å². The molecule has 1 aliphatic rings. The highest BCUT2D eigenvalue weighted by Crippen LogP contribution is 2.23. The number of carbonyl (C=O) groups is 1. The predicted molar refractivity (Wildman–Crippen MR) is 140 cm³/mol. The average molecular weight is 512 g/mol. The van der Waals surface area contributed by atoms with E-state index in [2.05, 4.69) is 49.4 Å². The molecule has 1 N–H and O–H groups in total. The SMILES string of the molecule is O=C(CSc1nc(Cl)cc(N2CCN(C/C=C/c3ccccc3)CC2)n1)NCc1ccc(F)cc1. The highest BCUT2D eigenvalue weighted by molar-refractivity contribution is 7.99. The molecule has 0 atom stereocenters. The smallest absolute Gasteiger partial charge is 0.230 e. The molecule has 9 heteroatoms. The number of benzene rings is 2. The lowest BCUT2D eigenvalue weighted by Gasteiger charge is -2.35. The lowest BCUT2D eigenvalue weighted by atomic mass is 10.2. The molecule has 0 bridgehead atoms. The molecule has 6 nitrogen and oxygen atoms in total. The highest BCUT2D eigenvalue weighted by Gasteiger charge is 2.19. The summed E-state index contributed by atoms with van der Waals surface area (Å²) in [5.41, 5.74) is 2.04. The molecule has 3 aromatic rings. The van der Waals surface area contributed by atoms with Gasteiger partial charge in [0.05, 0.1) is 5.75 Å². The monoisotopic (exact) mass is 511 g/mol. The summed E-state index contributed by atoms with van der Waals surface area (Å²) in [4.78, 5) is 25.7. The molecule has 0 aliphatic carbocycles. The van der Waals surface area contributed by atoms with Gasteiger partial charge >= 0.3 is 0 Å². The number of amides is 1. The van der Waals surface area contributed by atoms with Crippen LogP contribution in [0, 0.1) is 5.82 Å². The molecule has 0 unspecified atom stereocenters. The van der Waals surface area contributed by atoms with E-state index in [9.17, 15) is 9.18 Å². The van der Waals surface area contributed by atoms with Gasteiger partial charge in [-0.2, -0.15) is 0 Å². The fourth-order valence-corrected chi connectivity index (χ4v) is 4.57. The van der Waals surface area contributed by atoms with Gasteiger partial charge in [0.15, 0.2) is 5.16 Å². The molecule has 0 saturated carbocycles. The average Bonchev–Trinajstić information content (AvgIpc) is 2.88. The van der Waals surface area contributed by atoms with E-state index >= 15 is 0 Å². The van der Waals surface area contributed by atoms with Crippen molar-refractivity contribution in [1.82, 2.24) is 20.2 Å². The van der Waals surface area contributed by atoms with Crippen molar-refractivity contribution in [3.63, 3.8) is 0 Å². The van der Waals surface area contributed by atoms with E-state index in [-0.39, 0.29) is 17.5 Å². The van der Waals surface area contributed by atoms with Crippen LogP contribution < -0.4 is 10.2 Å². The van der Waals surface area contributed by atoms with Gasteiger partial charge in [-0.3, -0.25) is 9.69 Å². The molecule has 2 heterocycles. The molecular weight excluding hydrogens is 485 g/mol. The second-order valence-corrected chi connectivity index (χ2v) is 9.45. The maximum absolute atomic E-state index is 13.0. The Morgan fingerprint density at radius 3 is 2.54 bits per heavy atom. The van der Waals surface area contributed by atoms with Crippen molar-refractivity contribution in [1.29, 1.82) is 0 Å². The first-order valence-corrected chi connectivity index (χ1v) is 12.8. The zero-order valence-corrected chi connectivity index (χ0v) is 20.8. The molecule has 0 radical (unpaired) electrons. The van der Waals surface area contributed by atoms with Crippen molar-refractivity contribution in [3.05, 3.63) is 88.8 Å². The largest absolute Gasteiger partial charge is 0.354 e. The Labute approximate surface area is 214 Å². The lowest BCUT2D eigenvalue weighted by molar-refractivity contribution is -0.118. The molecule has 4 rings (SSSR count). The Morgan fingerprint density at radius 2 is 1.80 bits per heavy atom. The van der Waals surface area contributed by atoms with Gasteiger partial charge in [0.1, 0.15) is 16.8 Å². The van der Waals surface area contributed by atoms with E-state index in [0.29, 0.717) is 16.9 Å². The number of rotatable bonds is 9. The van der Waals surface area contributed by atoms with Crippen LogP contribution in [0.25, 0.3) is 6.08 Å². The number of aromatic nitrogens is 2. The summed E-state index contributed by atoms with van der Waals surface area (Å²) in [7, 11) is 0. The van der Waals surface area contributed by atoms with Gasteiger partial charge in [0, 0.05) is 45.3 Å².